The van der Waals surface area contributed by atoms with Gasteiger partial charge in [-0.15, -0.1) is 12.6 Å². The van der Waals surface area contributed by atoms with E-state index in [4.69, 9.17) is 0 Å². The molecule has 0 atom stereocenters. The molecule has 94 valence electrons. The zero-order valence-electron chi connectivity index (χ0n) is 9.82. The summed E-state index contributed by atoms with van der Waals surface area (Å²) in [6, 6.07) is 7.93. The Hall–Kier alpha value is -0.370. The summed E-state index contributed by atoms with van der Waals surface area (Å²) in [6.45, 7) is 0. The van der Waals surface area contributed by atoms with E-state index in [-0.39, 0.29) is 0 Å². The number of rotatable bonds is 4. The van der Waals surface area contributed by atoms with Crippen LogP contribution < -0.4 is 0 Å². The Morgan fingerprint density at radius 1 is 0.833 bits per heavy atom. The summed E-state index contributed by atoms with van der Waals surface area (Å²) >= 11 is 8.84. The van der Waals surface area contributed by atoms with Crippen LogP contribution in [-0.4, -0.2) is 27.5 Å². The molecular formula is C11H11N3S4. The lowest BCUT2D eigenvalue weighted by Gasteiger charge is -2.04. The first-order chi connectivity index (χ1) is 8.71. The van der Waals surface area contributed by atoms with Crippen molar-refractivity contribution in [2.24, 2.45) is 0 Å². The van der Waals surface area contributed by atoms with Crippen LogP contribution in [0, 0.1) is 0 Å². The predicted octanol–water partition coefficient (Wildman–Crippen LogP) is 3.76. The number of hydrogen-bond donors (Lipinski definition) is 1. The lowest BCUT2D eigenvalue weighted by Crippen LogP contribution is -1.95. The largest absolute Gasteiger partial charge is 0.197 e. The minimum absolute atomic E-state index is 0.727. The predicted molar refractivity (Wildman–Crippen MR) is 81.2 cm³/mol. The molecule has 0 saturated heterocycles. The van der Waals surface area contributed by atoms with Crippen LogP contribution in [0.4, 0.5) is 0 Å². The highest BCUT2D eigenvalue weighted by atomic mass is 32.2. The molecule has 0 N–H and O–H groups in total. The van der Waals surface area contributed by atoms with Gasteiger partial charge in [-0.1, -0.05) is 23.5 Å². The zero-order chi connectivity index (χ0) is 13.0. The van der Waals surface area contributed by atoms with E-state index in [2.05, 4.69) is 27.6 Å². The van der Waals surface area contributed by atoms with Crippen molar-refractivity contribution in [3.05, 3.63) is 24.3 Å². The Labute approximate surface area is 124 Å². The molecule has 0 saturated carbocycles. The minimum Gasteiger partial charge on any atom is -0.196 e. The molecule has 0 aliphatic heterocycles. The molecule has 0 radical (unpaired) electrons. The van der Waals surface area contributed by atoms with Gasteiger partial charge in [-0.2, -0.15) is 15.0 Å². The van der Waals surface area contributed by atoms with Crippen molar-refractivity contribution in [3.63, 3.8) is 0 Å². The number of thioether (sulfide) groups is 2. The Kier molecular flexibility index (Phi) is 5.23. The van der Waals surface area contributed by atoms with Gasteiger partial charge >= 0.3 is 0 Å². The summed E-state index contributed by atoms with van der Waals surface area (Å²) in [5.41, 5.74) is 0. The Bertz CT molecular complexity index is 508. The van der Waals surface area contributed by atoms with Crippen molar-refractivity contribution in [3.8, 4) is 0 Å². The highest BCUT2D eigenvalue weighted by Gasteiger charge is 2.06. The molecule has 0 aliphatic carbocycles. The van der Waals surface area contributed by atoms with Crippen LogP contribution in [0.2, 0.25) is 0 Å². The molecule has 2 aromatic rings. The molecule has 0 bridgehead atoms. The third-order valence-electron chi connectivity index (χ3n) is 1.98. The van der Waals surface area contributed by atoms with Crippen LogP contribution in [0.5, 0.6) is 0 Å². The Morgan fingerprint density at radius 2 is 1.33 bits per heavy atom. The highest BCUT2D eigenvalue weighted by Crippen LogP contribution is 2.27. The monoisotopic (exact) mass is 313 g/mol. The van der Waals surface area contributed by atoms with Crippen molar-refractivity contribution in [2.45, 2.75) is 25.3 Å². The molecule has 0 amide bonds. The normalized spacial score (nSPS) is 10.6. The Balaban J connectivity index is 2.25. The van der Waals surface area contributed by atoms with Gasteiger partial charge in [0.2, 0.25) is 0 Å². The van der Waals surface area contributed by atoms with E-state index >= 15 is 0 Å². The van der Waals surface area contributed by atoms with Gasteiger partial charge in [0.15, 0.2) is 15.5 Å². The quantitative estimate of drug-likeness (QED) is 0.684. The lowest BCUT2D eigenvalue weighted by molar-refractivity contribution is 0.719. The third kappa shape index (κ3) is 3.81. The maximum absolute atomic E-state index is 4.39. The van der Waals surface area contributed by atoms with Crippen molar-refractivity contribution < 1.29 is 0 Å². The average molecular weight is 313 g/mol. The molecule has 7 heteroatoms. The maximum Gasteiger partial charge on any atom is 0.197 e. The second kappa shape index (κ2) is 6.70. The second-order valence-electron chi connectivity index (χ2n) is 3.19. The smallest absolute Gasteiger partial charge is 0.196 e. The van der Waals surface area contributed by atoms with Gasteiger partial charge in [0.1, 0.15) is 0 Å². The molecule has 1 aromatic heterocycles. The van der Waals surface area contributed by atoms with Gasteiger partial charge in [-0.3, -0.25) is 0 Å². The summed E-state index contributed by atoms with van der Waals surface area (Å²) in [4.78, 5) is 15.1. The fourth-order valence-corrected chi connectivity index (χ4v) is 2.95. The summed E-state index contributed by atoms with van der Waals surface area (Å²) in [7, 11) is 0. The van der Waals surface area contributed by atoms with E-state index in [1.165, 1.54) is 35.3 Å². The second-order valence-corrected chi connectivity index (χ2v) is 6.29. The Morgan fingerprint density at radius 3 is 1.83 bits per heavy atom. The maximum atomic E-state index is 4.39. The molecule has 1 aromatic carbocycles. The standard InChI is InChI=1S/C11H11N3S4/c1-16-9-12-10(17-2)14-11(13-9)18-8-5-3-7(15)4-6-8/h3-6,15H,1-2H3. The van der Waals surface area contributed by atoms with Crippen molar-refractivity contribution in [1.82, 2.24) is 15.0 Å². The molecule has 2 rings (SSSR count). The number of aromatic nitrogens is 3. The molecule has 18 heavy (non-hydrogen) atoms. The topological polar surface area (TPSA) is 38.7 Å². The molecule has 0 aliphatic rings. The van der Waals surface area contributed by atoms with Crippen LogP contribution in [0.25, 0.3) is 0 Å². The third-order valence-corrected chi connectivity index (χ3v) is 4.25. The summed E-state index contributed by atoms with van der Waals surface area (Å²) in [5.74, 6) is 0. The first kappa shape index (κ1) is 14.0. The zero-order valence-corrected chi connectivity index (χ0v) is 13.2. The van der Waals surface area contributed by atoms with E-state index in [1.807, 2.05) is 36.8 Å². The number of hydrogen-bond acceptors (Lipinski definition) is 7. The molecule has 0 unspecified atom stereocenters. The first-order valence-electron chi connectivity index (χ1n) is 5.02. The van der Waals surface area contributed by atoms with Crippen molar-refractivity contribution in [1.29, 1.82) is 0 Å². The molecule has 0 spiro atoms. The summed E-state index contributed by atoms with van der Waals surface area (Å²) < 4.78 is 0. The van der Waals surface area contributed by atoms with Gasteiger partial charge in [-0.05, 0) is 48.5 Å². The van der Waals surface area contributed by atoms with Gasteiger partial charge in [0.05, 0.1) is 0 Å². The fraction of sp³-hybridized carbons (Fsp3) is 0.182. The van der Waals surface area contributed by atoms with Gasteiger partial charge in [0.25, 0.3) is 0 Å². The SMILES string of the molecule is CSc1nc(SC)nc(Sc2ccc(S)cc2)n1. The lowest BCUT2D eigenvalue weighted by atomic mass is 10.4. The van der Waals surface area contributed by atoms with E-state index < -0.39 is 0 Å². The highest BCUT2D eigenvalue weighted by molar-refractivity contribution is 8.00. The molecule has 1 heterocycles. The van der Waals surface area contributed by atoms with Crippen LogP contribution >= 0.6 is 47.9 Å². The van der Waals surface area contributed by atoms with Gasteiger partial charge < -0.3 is 0 Å². The van der Waals surface area contributed by atoms with E-state index in [9.17, 15) is 0 Å². The van der Waals surface area contributed by atoms with E-state index in [0.717, 1.165) is 25.3 Å². The minimum atomic E-state index is 0.727. The number of benzene rings is 1. The van der Waals surface area contributed by atoms with Crippen LogP contribution in [0.15, 0.2) is 49.5 Å². The summed E-state index contributed by atoms with van der Waals surface area (Å²) in [5, 5.41) is 2.23. The first-order valence-corrected chi connectivity index (χ1v) is 8.73. The molecule has 0 fully saturated rings. The number of nitrogens with zero attached hydrogens (tertiary/aromatic N) is 3. The van der Waals surface area contributed by atoms with Gasteiger partial charge in [0, 0.05) is 9.79 Å². The average Bonchev–Trinajstić information content (AvgIpc) is 2.41. The van der Waals surface area contributed by atoms with Crippen LogP contribution in [-0.2, 0) is 0 Å². The molecular weight excluding hydrogens is 302 g/mol. The fourth-order valence-electron chi connectivity index (χ4n) is 1.17. The van der Waals surface area contributed by atoms with Crippen molar-refractivity contribution >= 4 is 47.9 Å². The number of thiol groups is 1. The van der Waals surface area contributed by atoms with E-state index in [0.29, 0.717) is 0 Å². The van der Waals surface area contributed by atoms with Crippen molar-refractivity contribution in [2.75, 3.05) is 12.5 Å². The van der Waals surface area contributed by atoms with Crippen LogP contribution in [0.1, 0.15) is 0 Å². The van der Waals surface area contributed by atoms with Crippen LogP contribution in [0.3, 0.4) is 0 Å². The van der Waals surface area contributed by atoms with E-state index in [1.54, 1.807) is 0 Å². The summed E-state index contributed by atoms with van der Waals surface area (Å²) in [6.07, 6.45) is 3.92. The van der Waals surface area contributed by atoms with Gasteiger partial charge in [-0.25, -0.2) is 0 Å². The molecule has 3 nitrogen and oxygen atoms in total.